The van der Waals surface area contributed by atoms with Gasteiger partial charge in [0.05, 0.1) is 20.6 Å². The van der Waals surface area contributed by atoms with Gasteiger partial charge in [-0.25, -0.2) is 4.39 Å². The van der Waals surface area contributed by atoms with Crippen LogP contribution in [0.15, 0.2) is 47.4 Å². The maximum absolute atomic E-state index is 13.7. The van der Waals surface area contributed by atoms with Gasteiger partial charge in [0.1, 0.15) is 5.82 Å². The lowest BCUT2D eigenvalue weighted by Gasteiger charge is -2.15. The van der Waals surface area contributed by atoms with E-state index in [2.05, 4.69) is 0 Å². The Morgan fingerprint density at radius 1 is 1.13 bits per heavy atom. The van der Waals surface area contributed by atoms with Gasteiger partial charge < -0.3 is 0 Å². The molecule has 1 aliphatic rings. The molecular formula is C16H8Cl2FNOS2. The Kier molecular flexibility index (Phi) is 4.73. The van der Waals surface area contributed by atoms with Crippen LogP contribution in [0.4, 0.5) is 10.1 Å². The highest BCUT2D eigenvalue weighted by Crippen LogP contribution is 2.38. The summed E-state index contributed by atoms with van der Waals surface area (Å²) in [5.74, 6) is -0.714. The number of nitrogens with zero attached hydrogens (tertiary/aromatic N) is 1. The molecule has 2 nitrogen and oxygen atoms in total. The number of carbonyl (C=O) groups is 1. The zero-order chi connectivity index (χ0) is 16.6. The molecule has 0 aliphatic carbocycles. The van der Waals surface area contributed by atoms with Crippen LogP contribution >= 0.6 is 47.2 Å². The second kappa shape index (κ2) is 6.61. The SMILES string of the molecule is O=C1/C(=C/c2ccccc2F)SC(=S)N1c1ccc(Cl)c(Cl)c1. The topological polar surface area (TPSA) is 20.3 Å². The molecule has 1 fully saturated rings. The zero-order valence-electron chi connectivity index (χ0n) is 11.4. The number of hydrogen-bond donors (Lipinski definition) is 0. The average molecular weight is 384 g/mol. The Bertz CT molecular complexity index is 854. The van der Waals surface area contributed by atoms with Gasteiger partial charge in [0.25, 0.3) is 5.91 Å². The number of amides is 1. The molecule has 3 rings (SSSR count). The quantitative estimate of drug-likeness (QED) is 0.501. The summed E-state index contributed by atoms with van der Waals surface area (Å²) in [6, 6.07) is 11.1. The van der Waals surface area contributed by atoms with Crippen molar-refractivity contribution in [2.24, 2.45) is 0 Å². The fourth-order valence-electron chi connectivity index (χ4n) is 2.05. The van der Waals surface area contributed by atoms with E-state index in [1.165, 1.54) is 17.0 Å². The molecular weight excluding hydrogens is 376 g/mol. The smallest absolute Gasteiger partial charge is 0.268 e. The van der Waals surface area contributed by atoms with E-state index < -0.39 is 5.82 Å². The van der Waals surface area contributed by atoms with Crippen LogP contribution < -0.4 is 4.90 Å². The summed E-state index contributed by atoms with van der Waals surface area (Å²) in [6.45, 7) is 0. The summed E-state index contributed by atoms with van der Waals surface area (Å²) in [7, 11) is 0. The van der Waals surface area contributed by atoms with Crippen LogP contribution in [0.3, 0.4) is 0 Å². The molecule has 0 spiro atoms. The summed E-state index contributed by atoms with van der Waals surface area (Å²) in [5, 5.41) is 0.721. The van der Waals surface area contributed by atoms with E-state index in [9.17, 15) is 9.18 Å². The molecule has 0 aromatic heterocycles. The number of anilines is 1. The van der Waals surface area contributed by atoms with Crippen molar-refractivity contribution in [1.82, 2.24) is 0 Å². The van der Waals surface area contributed by atoms with Crippen molar-refractivity contribution >= 4 is 69.2 Å². The molecule has 2 aromatic rings. The van der Waals surface area contributed by atoms with E-state index in [4.69, 9.17) is 35.4 Å². The molecule has 116 valence electrons. The first-order chi connectivity index (χ1) is 11.0. The number of hydrogen-bond acceptors (Lipinski definition) is 3. The van der Waals surface area contributed by atoms with Gasteiger partial charge in [-0.05, 0) is 30.3 Å². The Balaban J connectivity index is 1.97. The Labute approximate surface area is 151 Å². The first kappa shape index (κ1) is 16.5. The van der Waals surface area contributed by atoms with Gasteiger partial charge in [-0.1, -0.05) is 65.4 Å². The van der Waals surface area contributed by atoms with Crippen LogP contribution in [-0.2, 0) is 4.79 Å². The predicted molar refractivity (Wildman–Crippen MR) is 98.5 cm³/mol. The highest BCUT2D eigenvalue weighted by Gasteiger charge is 2.33. The fourth-order valence-corrected chi connectivity index (χ4v) is 3.63. The van der Waals surface area contributed by atoms with Crippen LogP contribution in [0, 0.1) is 5.82 Å². The third-order valence-corrected chi connectivity index (χ3v) is 5.19. The lowest BCUT2D eigenvalue weighted by Crippen LogP contribution is -2.27. The van der Waals surface area contributed by atoms with Crippen molar-refractivity contribution in [2.75, 3.05) is 4.90 Å². The molecule has 0 N–H and O–H groups in total. The predicted octanol–water partition coefficient (Wildman–Crippen LogP) is 5.54. The largest absolute Gasteiger partial charge is 0.270 e. The van der Waals surface area contributed by atoms with Crippen LogP contribution in [0.25, 0.3) is 6.08 Å². The molecule has 23 heavy (non-hydrogen) atoms. The Morgan fingerprint density at radius 2 is 1.87 bits per heavy atom. The van der Waals surface area contributed by atoms with E-state index in [0.717, 1.165) is 11.8 Å². The minimum absolute atomic E-state index is 0.318. The monoisotopic (exact) mass is 383 g/mol. The molecule has 7 heteroatoms. The highest BCUT2D eigenvalue weighted by atomic mass is 35.5. The van der Waals surface area contributed by atoms with E-state index in [-0.39, 0.29) is 5.91 Å². The average Bonchev–Trinajstić information content (AvgIpc) is 2.79. The second-order valence-corrected chi connectivity index (χ2v) is 7.13. The van der Waals surface area contributed by atoms with Gasteiger partial charge in [0.2, 0.25) is 0 Å². The van der Waals surface area contributed by atoms with Crippen molar-refractivity contribution < 1.29 is 9.18 Å². The zero-order valence-corrected chi connectivity index (χ0v) is 14.6. The van der Waals surface area contributed by atoms with Crippen LogP contribution in [0.5, 0.6) is 0 Å². The molecule has 0 saturated carbocycles. The lowest BCUT2D eigenvalue weighted by molar-refractivity contribution is -0.113. The normalized spacial score (nSPS) is 16.5. The van der Waals surface area contributed by atoms with Gasteiger partial charge in [0, 0.05) is 5.56 Å². The number of thioether (sulfide) groups is 1. The number of rotatable bonds is 2. The first-order valence-corrected chi connectivity index (χ1v) is 8.43. The second-order valence-electron chi connectivity index (χ2n) is 4.64. The molecule has 1 amide bonds. The van der Waals surface area contributed by atoms with Crippen LogP contribution in [-0.4, -0.2) is 10.2 Å². The molecule has 0 unspecified atom stereocenters. The lowest BCUT2D eigenvalue weighted by atomic mass is 10.2. The maximum atomic E-state index is 13.7. The van der Waals surface area contributed by atoms with Gasteiger partial charge in [-0.2, -0.15) is 0 Å². The molecule has 1 saturated heterocycles. The minimum Gasteiger partial charge on any atom is -0.268 e. The Morgan fingerprint density at radius 3 is 2.57 bits per heavy atom. The van der Waals surface area contributed by atoms with Gasteiger partial charge in [-0.15, -0.1) is 0 Å². The van der Waals surface area contributed by atoms with Crippen LogP contribution in [0.1, 0.15) is 5.56 Å². The van der Waals surface area contributed by atoms with Crippen molar-refractivity contribution in [3.63, 3.8) is 0 Å². The van der Waals surface area contributed by atoms with Gasteiger partial charge in [0.15, 0.2) is 4.32 Å². The molecule has 1 aliphatic heterocycles. The van der Waals surface area contributed by atoms with E-state index in [1.54, 1.807) is 36.4 Å². The number of thiocarbonyl (C=S) groups is 1. The fraction of sp³-hybridized carbons (Fsp3) is 0. The van der Waals surface area contributed by atoms with Gasteiger partial charge in [-0.3, -0.25) is 9.69 Å². The summed E-state index contributed by atoms with van der Waals surface area (Å²) < 4.78 is 14.1. The molecule has 0 atom stereocenters. The Hall–Kier alpha value is -1.40. The minimum atomic E-state index is -0.396. The van der Waals surface area contributed by atoms with E-state index >= 15 is 0 Å². The van der Waals surface area contributed by atoms with Crippen molar-refractivity contribution in [1.29, 1.82) is 0 Å². The van der Waals surface area contributed by atoms with E-state index in [0.29, 0.717) is 30.5 Å². The summed E-state index contributed by atoms with van der Waals surface area (Å²) in [4.78, 5) is 14.3. The first-order valence-electron chi connectivity index (χ1n) is 6.45. The van der Waals surface area contributed by atoms with Crippen molar-refractivity contribution in [2.45, 2.75) is 0 Å². The van der Waals surface area contributed by atoms with Crippen LogP contribution in [0.2, 0.25) is 10.0 Å². The van der Waals surface area contributed by atoms with Gasteiger partial charge >= 0.3 is 0 Å². The third kappa shape index (κ3) is 3.28. The third-order valence-electron chi connectivity index (χ3n) is 3.15. The molecule has 2 aromatic carbocycles. The maximum Gasteiger partial charge on any atom is 0.270 e. The summed E-state index contributed by atoms with van der Waals surface area (Å²) >= 11 is 18.3. The van der Waals surface area contributed by atoms with E-state index in [1.807, 2.05) is 0 Å². The standard InChI is InChI=1S/C16H8Cl2FNOS2/c17-11-6-5-10(8-12(11)18)20-15(21)14(23-16(20)22)7-9-3-1-2-4-13(9)19/h1-8H/b14-7-. The number of benzene rings is 2. The number of halogens is 3. The summed E-state index contributed by atoms with van der Waals surface area (Å²) in [6.07, 6.45) is 1.49. The molecule has 1 heterocycles. The highest BCUT2D eigenvalue weighted by molar-refractivity contribution is 8.27. The summed E-state index contributed by atoms with van der Waals surface area (Å²) in [5.41, 5.74) is 0.862. The van der Waals surface area contributed by atoms with Crippen molar-refractivity contribution in [3.8, 4) is 0 Å². The molecule has 0 radical (unpaired) electrons. The number of carbonyl (C=O) groups excluding carboxylic acids is 1. The molecule has 0 bridgehead atoms. The van der Waals surface area contributed by atoms with Crippen molar-refractivity contribution in [3.05, 3.63) is 68.8 Å².